The molecule has 0 aliphatic carbocycles. The number of nitrogens with one attached hydrogen (secondary N) is 2. The van der Waals surface area contributed by atoms with Crippen LogP contribution in [0, 0.1) is 0 Å². The standard InChI is InChI=1S/C21H16N2O3/c24-20-19-17(13-22-20)16(14-7-3-1-4-8-14)11-12-18(19)23-21(25)26-15-9-5-2-6-10-15/h1-12H,13H2,(H,22,24)(H,23,25). The smallest absolute Gasteiger partial charge is 0.410 e. The van der Waals surface area contributed by atoms with Gasteiger partial charge in [-0.3, -0.25) is 10.1 Å². The second-order valence-electron chi connectivity index (χ2n) is 5.89. The van der Waals surface area contributed by atoms with Crippen molar-refractivity contribution < 1.29 is 14.3 Å². The molecule has 4 rings (SSSR count). The molecule has 1 aliphatic heterocycles. The second kappa shape index (κ2) is 6.72. The van der Waals surface area contributed by atoms with Crippen LogP contribution in [0.5, 0.6) is 5.75 Å². The predicted molar refractivity (Wildman–Crippen MR) is 99.1 cm³/mol. The minimum absolute atomic E-state index is 0.201. The first kappa shape index (κ1) is 15.9. The zero-order valence-corrected chi connectivity index (χ0v) is 13.9. The molecule has 0 fully saturated rings. The van der Waals surface area contributed by atoms with Gasteiger partial charge in [-0.15, -0.1) is 0 Å². The lowest BCUT2D eigenvalue weighted by Gasteiger charge is -2.13. The highest BCUT2D eigenvalue weighted by molar-refractivity contribution is 6.07. The summed E-state index contributed by atoms with van der Waals surface area (Å²) in [6.45, 7) is 0.432. The summed E-state index contributed by atoms with van der Waals surface area (Å²) in [7, 11) is 0. The maximum atomic E-state index is 12.3. The molecule has 1 aliphatic rings. The number of carbonyl (C=O) groups is 2. The molecule has 5 heteroatoms. The van der Waals surface area contributed by atoms with Crippen molar-refractivity contribution in [3.05, 3.63) is 83.9 Å². The SMILES string of the molecule is O=C(Nc1ccc(-c2ccccc2)c2c1C(=O)NC2)Oc1ccccc1. The predicted octanol–water partition coefficient (Wildman–Crippen LogP) is 4.21. The number of rotatable bonds is 3. The maximum Gasteiger partial charge on any atom is 0.417 e. The lowest BCUT2D eigenvalue weighted by atomic mass is 9.95. The molecule has 0 radical (unpaired) electrons. The van der Waals surface area contributed by atoms with Crippen LogP contribution < -0.4 is 15.4 Å². The number of hydrogen-bond acceptors (Lipinski definition) is 3. The number of carbonyl (C=O) groups excluding carboxylic acids is 2. The molecule has 2 amide bonds. The van der Waals surface area contributed by atoms with Crippen molar-refractivity contribution in [2.75, 3.05) is 5.32 Å². The fourth-order valence-electron chi connectivity index (χ4n) is 3.07. The van der Waals surface area contributed by atoms with E-state index in [0.717, 1.165) is 16.7 Å². The minimum Gasteiger partial charge on any atom is -0.410 e. The van der Waals surface area contributed by atoms with Crippen LogP contribution in [-0.4, -0.2) is 12.0 Å². The normalized spacial score (nSPS) is 12.2. The summed E-state index contributed by atoms with van der Waals surface area (Å²) >= 11 is 0. The summed E-state index contributed by atoms with van der Waals surface area (Å²) in [6, 6.07) is 22.3. The van der Waals surface area contributed by atoms with Crippen molar-refractivity contribution in [2.24, 2.45) is 0 Å². The lowest BCUT2D eigenvalue weighted by Crippen LogP contribution is -2.20. The molecule has 0 saturated carbocycles. The number of ether oxygens (including phenoxy) is 1. The van der Waals surface area contributed by atoms with E-state index in [1.807, 2.05) is 42.5 Å². The fourth-order valence-corrected chi connectivity index (χ4v) is 3.07. The Morgan fingerprint density at radius 3 is 2.35 bits per heavy atom. The Morgan fingerprint density at radius 1 is 0.923 bits per heavy atom. The zero-order valence-electron chi connectivity index (χ0n) is 13.9. The molecule has 0 bridgehead atoms. The van der Waals surface area contributed by atoms with Crippen molar-refractivity contribution in [3.63, 3.8) is 0 Å². The number of hydrogen-bond donors (Lipinski definition) is 2. The van der Waals surface area contributed by atoms with E-state index in [0.29, 0.717) is 23.5 Å². The van der Waals surface area contributed by atoms with Gasteiger partial charge in [0, 0.05) is 6.54 Å². The Kier molecular flexibility index (Phi) is 4.11. The summed E-state index contributed by atoms with van der Waals surface area (Å²) in [5, 5.41) is 5.51. The molecule has 0 spiro atoms. The van der Waals surface area contributed by atoms with E-state index in [1.165, 1.54) is 0 Å². The molecule has 5 nitrogen and oxygen atoms in total. The summed E-state index contributed by atoms with van der Waals surface area (Å²) in [5.74, 6) is 0.236. The van der Waals surface area contributed by atoms with Gasteiger partial charge in [-0.2, -0.15) is 0 Å². The molecular formula is C21H16N2O3. The molecule has 0 unspecified atom stereocenters. The second-order valence-corrected chi connectivity index (χ2v) is 5.89. The minimum atomic E-state index is -0.634. The third-order valence-electron chi connectivity index (χ3n) is 4.24. The van der Waals surface area contributed by atoms with Gasteiger partial charge >= 0.3 is 6.09 Å². The van der Waals surface area contributed by atoms with E-state index in [-0.39, 0.29) is 5.91 Å². The topological polar surface area (TPSA) is 67.4 Å². The van der Waals surface area contributed by atoms with Gasteiger partial charge in [0.2, 0.25) is 0 Å². The highest BCUT2D eigenvalue weighted by atomic mass is 16.6. The Bertz CT molecular complexity index is 969. The van der Waals surface area contributed by atoms with Crippen LogP contribution in [0.3, 0.4) is 0 Å². The van der Waals surface area contributed by atoms with Crippen LogP contribution in [0.25, 0.3) is 11.1 Å². The molecule has 0 aromatic heterocycles. The number of anilines is 1. The average molecular weight is 344 g/mol. The first-order valence-electron chi connectivity index (χ1n) is 8.26. The first-order chi connectivity index (χ1) is 12.7. The molecule has 0 saturated heterocycles. The number of fused-ring (bicyclic) bond motifs is 1. The van der Waals surface area contributed by atoms with E-state index in [9.17, 15) is 9.59 Å². The van der Waals surface area contributed by atoms with Gasteiger partial charge in [0.1, 0.15) is 5.75 Å². The van der Waals surface area contributed by atoms with Gasteiger partial charge < -0.3 is 10.1 Å². The molecule has 1 heterocycles. The van der Waals surface area contributed by atoms with Gasteiger partial charge in [-0.05, 0) is 34.9 Å². The van der Waals surface area contributed by atoms with Crippen molar-refractivity contribution in [3.8, 4) is 16.9 Å². The Hall–Kier alpha value is -3.60. The molecule has 128 valence electrons. The molecule has 3 aromatic carbocycles. The monoisotopic (exact) mass is 344 g/mol. The average Bonchev–Trinajstić information content (AvgIpc) is 3.06. The number of benzene rings is 3. The first-order valence-corrected chi connectivity index (χ1v) is 8.26. The van der Waals surface area contributed by atoms with E-state index < -0.39 is 6.09 Å². The third-order valence-corrected chi connectivity index (χ3v) is 4.24. The highest BCUT2D eigenvalue weighted by Gasteiger charge is 2.26. The van der Waals surface area contributed by atoms with E-state index in [1.54, 1.807) is 30.3 Å². The van der Waals surface area contributed by atoms with Crippen LogP contribution in [0.15, 0.2) is 72.8 Å². The van der Waals surface area contributed by atoms with Crippen molar-refractivity contribution in [1.29, 1.82) is 0 Å². The van der Waals surface area contributed by atoms with Crippen LogP contribution in [0.4, 0.5) is 10.5 Å². The zero-order chi connectivity index (χ0) is 17.9. The van der Waals surface area contributed by atoms with E-state index in [2.05, 4.69) is 10.6 Å². The molecular weight excluding hydrogens is 328 g/mol. The molecule has 0 atom stereocenters. The highest BCUT2D eigenvalue weighted by Crippen LogP contribution is 2.34. The lowest BCUT2D eigenvalue weighted by molar-refractivity contribution is 0.0966. The van der Waals surface area contributed by atoms with Gasteiger partial charge in [0.25, 0.3) is 5.91 Å². The van der Waals surface area contributed by atoms with Crippen LogP contribution in [-0.2, 0) is 6.54 Å². The molecule has 26 heavy (non-hydrogen) atoms. The molecule has 3 aromatic rings. The van der Waals surface area contributed by atoms with E-state index >= 15 is 0 Å². The van der Waals surface area contributed by atoms with Gasteiger partial charge in [0.15, 0.2) is 0 Å². The Labute approximate surface area is 150 Å². The van der Waals surface area contributed by atoms with Crippen molar-refractivity contribution in [2.45, 2.75) is 6.54 Å². The number of amides is 2. The third kappa shape index (κ3) is 3.02. The van der Waals surface area contributed by atoms with Crippen LogP contribution in [0.1, 0.15) is 15.9 Å². The van der Waals surface area contributed by atoms with Crippen LogP contribution in [0.2, 0.25) is 0 Å². The number of para-hydroxylation sites is 1. The maximum absolute atomic E-state index is 12.3. The Morgan fingerprint density at radius 2 is 1.62 bits per heavy atom. The van der Waals surface area contributed by atoms with Gasteiger partial charge in [-0.1, -0.05) is 54.6 Å². The molecule has 2 N–H and O–H groups in total. The fraction of sp³-hybridized carbons (Fsp3) is 0.0476. The van der Waals surface area contributed by atoms with Gasteiger partial charge in [-0.25, -0.2) is 4.79 Å². The van der Waals surface area contributed by atoms with E-state index in [4.69, 9.17) is 4.74 Å². The van der Waals surface area contributed by atoms with Crippen molar-refractivity contribution in [1.82, 2.24) is 5.32 Å². The van der Waals surface area contributed by atoms with Crippen molar-refractivity contribution >= 4 is 17.7 Å². The summed E-state index contributed by atoms with van der Waals surface area (Å²) in [5.41, 5.74) is 3.80. The summed E-state index contributed by atoms with van der Waals surface area (Å²) in [6.07, 6.45) is -0.634. The Balaban J connectivity index is 1.65. The largest absolute Gasteiger partial charge is 0.417 e. The van der Waals surface area contributed by atoms with Crippen LogP contribution >= 0.6 is 0 Å². The summed E-state index contributed by atoms with van der Waals surface area (Å²) < 4.78 is 5.25. The quantitative estimate of drug-likeness (QED) is 0.748. The van der Waals surface area contributed by atoms with Gasteiger partial charge in [0.05, 0.1) is 11.3 Å². The summed E-state index contributed by atoms with van der Waals surface area (Å²) in [4.78, 5) is 24.5.